The molecule has 1 aliphatic rings. The van der Waals surface area contributed by atoms with Crippen molar-refractivity contribution in [3.8, 4) is 0 Å². The first-order chi connectivity index (χ1) is 11.5. The van der Waals surface area contributed by atoms with E-state index in [1.165, 1.54) is 0 Å². The van der Waals surface area contributed by atoms with Crippen molar-refractivity contribution in [3.63, 3.8) is 0 Å². The number of nitrogens with zero attached hydrogens (tertiary/aromatic N) is 2. The van der Waals surface area contributed by atoms with Gasteiger partial charge in [0.15, 0.2) is 0 Å². The average molecular weight is 422 g/mol. The fourth-order valence-corrected chi connectivity index (χ4v) is 4.75. The van der Waals surface area contributed by atoms with Crippen LogP contribution in [0, 0.1) is 0 Å². The second-order valence-corrected chi connectivity index (χ2v) is 9.59. The lowest BCUT2D eigenvalue weighted by Gasteiger charge is -2.34. The summed E-state index contributed by atoms with van der Waals surface area (Å²) in [5.41, 5.74) is 0. The monoisotopic (exact) mass is 421 g/mol. The van der Waals surface area contributed by atoms with Gasteiger partial charge in [-0.15, -0.1) is 23.2 Å². The fraction of sp³-hybridized carbons (Fsp3) is 0.929. The predicted molar refractivity (Wildman–Crippen MR) is 97.7 cm³/mol. The van der Waals surface area contributed by atoms with E-state index in [0.717, 1.165) is 13.0 Å². The number of quaternary nitrogens is 1. The van der Waals surface area contributed by atoms with Gasteiger partial charge in [0.25, 0.3) is 0 Å². The number of carbonyl (C=O) groups excluding carboxylic acids is 1. The molecule has 8 nitrogen and oxygen atoms in total. The molecule has 0 spiro atoms. The largest absolute Gasteiger partial charge is 0.550 e. The van der Waals surface area contributed by atoms with E-state index in [0.29, 0.717) is 42.5 Å². The number of hydrogen-bond acceptors (Lipinski definition) is 5. The SMILES string of the molecule is C[N+](C)(C)C[C@H](O)CC(=O)[O-].O=P1(NCCCl)OCCCN1CCCl. The smallest absolute Gasteiger partial charge is 0.343 e. The van der Waals surface area contributed by atoms with Gasteiger partial charge in [-0.2, -0.15) is 0 Å². The molecule has 0 aromatic rings. The van der Waals surface area contributed by atoms with Crippen molar-refractivity contribution >= 4 is 36.8 Å². The average Bonchev–Trinajstić information content (AvgIpc) is 2.46. The van der Waals surface area contributed by atoms with Crippen molar-refractivity contribution in [2.75, 3.05) is 65.7 Å². The molecule has 25 heavy (non-hydrogen) atoms. The van der Waals surface area contributed by atoms with Gasteiger partial charge in [0.2, 0.25) is 0 Å². The first-order valence-corrected chi connectivity index (χ1v) is 10.7. The highest BCUT2D eigenvalue weighted by Crippen LogP contribution is 2.48. The number of hydrogen-bond donors (Lipinski definition) is 2. The van der Waals surface area contributed by atoms with Crippen LogP contribution in [0.15, 0.2) is 0 Å². The standard InChI is InChI=1S/C7H15Cl2N2O2P.C7H15NO3/c8-2-4-10-14(12)11(6-3-9)5-1-7-13-14;1-8(2,3)5-6(9)4-7(10)11/h1-7H2,(H,10,12);6,9H,4-5H2,1-3H3/t;6-/m.1/s1. The van der Waals surface area contributed by atoms with Gasteiger partial charge in [0.1, 0.15) is 12.6 Å². The number of aliphatic carboxylic acids is 1. The molecule has 2 atom stereocenters. The Morgan fingerprint density at radius 1 is 1.40 bits per heavy atom. The molecule has 0 aromatic heterocycles. The molecule has 1 fully saturated rings. The Balaban J connectivity index is 0.000000477. The van der Waals surface area contributed by atoms with Crippen LogP contribution in [-0.4, -0.2) is 92.0 Å². The van der Waals surface area contributed by atoms with E-state index >= 15 is 0 Å². The maximum absolute atomic E-state index is 12.2. The molecule has 2 N–H and O–H groups in total. The van der Waals surface area contributed by atoms with Gasteiger partial charge in [0.05, 0.1) is 27.7 Å². The molecule has 0 amide bonds. The Morgan fingerprint density at radius 3 is 2.52 bits per heavy atom. The number of halogens is 2. The van der Waals surface area contributed by atoms with E-state index in [2.05, 4.69) is 5.09 Å². The Morgan fingerprint density at radius 2 is 2.04 bits per heavy atom. The predicted octanol–water partition coefficient (Wildman–Crippen LogP) is 0.0775. The summed E-state index contributed by atoms with van der Waals surface area (Å²) >= 11 is 11.1. The van der Waals surface area contributed by atoms with E-state index in [4.69, 9.17) is 32.8 Å². The van der Waals surface area contributed by atoms with E-state index in [1.807, 2.05) is 21.1 Å². The van der Waals surface area contributed by atoms with Crippen LogP contribution >= 0.6 is 30.9 Å². The minimum Gasteiger partial charge on any atom is -0.550 e. The van der Waals surface area contributed by atoms with Crippen LogP contribution in [-0.2, 0) is 13.9 Å². The van der Waals surface area contributed by atoms with E-state index in [9.17, 15) is 14.5 Å². The van der Waals surface area contributed by atoms with Crippen LogP contribution in [0.2, 0.25) is 0 Å². The molecule has 0 bridgehead atoms. The summed E-state index contributed by atoms with van der Waals surface area (Å²) < 4.78 is 19.8. The van der Waals surface area contributed by atoms with Crippen LogP contribution in [0.3, 0.4) is 0 Å². The molecule has 0 saturated carbocycles. The summed E-state index contributed by atoms with van der Waals surface area (Å²) in [6.45, 7) is 2.78. The number of aliphatic hydroxyl groups is 1. The Kier molecular flexibility index (Phi) is 12.5. The van der Waals surface area contributed by atoms with Crippen molar-refractivity contribution in [1.82, 2.24) is 9.76 Å². The lowest BCUT2D eigenvalue weighted by atomic mass is 10.2. The topological polar surface area (TPSA) is 102 Å². The number of carboxylic acid groups (broad SMARTS) is 1. The highest BCUT2D eigenvalue weighted by atomic mass is 35.5. The maximum atomic E-state index is 12.2. The minimum atomic E-state index is -2.84. The summed E-state index contributed by atoms with van der Waals surface area (Å²) in [5.74, 6) is -0.330. The van der Waals surface area contributed by atoms with Crippen molar-refractivity contribution in [3.05, 3.63) is 0 Å². The number of rotatable bonds is 9. The highest BCUT2D eigenvalue weighted by molar-refractivity contribution is 7.54. The van der Waals surface area contributed by atoms with Gasteiger partial charge in [-0.05, 0) is 6.42 Å². The fourth-order valence-electron chi connectivity index (χ4n) is 2.21. The maximum Gasteiger partial charge on any atom is 0.343 e. The van der Waals surface area contributed by atoms with Gasteiger partial charge >= 0.3 is 7.67 Å². The zero-order chi connectivity index (χ0) is 19.5. The summed E-state index contributed by atoms with van der Waals surface area (Å²) in [6, 6.07) is 0. The molecule has 150 valence electrons. The quantitative estimate of drug-likeness (QED) is 0.308. The lowest BCUT2D eigenvalue weighted by Crippen LogP contribution is -2.43. The first kappa shape index (κ1) is 25.1. The second kappa shape index (κ2) is 12.5. The number of carboxylic acids is 1. The highest BCUT2D eigenvalue weighted by Gasteiger charge is 2.33. The summed E-state index contributed by atoms with van der Waals surface area (Å²) in [5, 5.41) is 22.0. The van der Waals surface area contributed by atoms with Crippen LogP contribution in [0.25, 0.3) is 0 Å². The molecule has 0 aromatic carbocycles. The van der Waals surface area contributed by atoms with Crippen LogP contribution < -0.4 is 10.2 Å². The zero-order valence-electron chi connectivity index (χ0n) is 15.1. The lowest BCUT2D eigenvalue weighted by molar-refractivity contribution is -0.873. The molecule has 0 aliphatic carbocycles. The number of nitrogens with one attached hydrogen (secondary N) is 1. The Bertz CT molecular complexity index is 435. The van der Waals surface area contributed by atoms with Crippen LogP contribution in [0.1, 0.15) is 12.8 Å². The zero-order valence-corrected chi connectivity index (χ0v) is 17.5. The van der Waals surface area contributed by atoms with Gasteiger partial charge < -0.3 is 24.0 Å². The molecule has 1 aliphatic heterocycles. The molecule has 1 saturated heterocycles. The molecular weight excluding hydrogens is 392 g/mol. The number of aliphatic hydroxyl groups excluding tert-OH is 1. The molecule has 1 rings (SSSR count). The minimum absolute atomic E-state index is 0.282. The number of alkyl halides is 2. The van der Waals surface area contributed by atoms with Gasteiger partial charge in [-0.1, -0.05) is 0 Å². The Hall–Kier alpha value is 0.0800. The molecule has 1 unspecified atom stereocenters. The van der Waals surface area contributed by atoms with Crippen molar-refractivity contribution in [2.45, 2.75) is 18.9 Å². The van der Waals surface area contributed by atoms with Gasteiger partial charge in [-0.25, -0.2) is 9.76 Å². The van der Waals surface area contributed by atoms with E-state index in [-0.39, 0.29) is 6.42 Å². The summed E-state index contributed by atoms with van der Waals surface area (Å²) in [6.07, 6.45) is -0.195. The van der Waals surface area contributed by atoms with E-state index < -0.39 is 19.7 Å². The van der Waals surface area contributed by atoms with Crippen molar-refractivity contribution in [1.29, 1.82) is 0 Å². The van der Waals surface area contributed by atoms with Gasteiger partial charge in [0, 0.05) is 43.8 Å². The molecule has 1 heterocycles. The number of carbonyl (C=O) groups is 1. The molecule has 0 radical (unpaired) electrons. The third-order valence-corrected chi connectivity index (χ3v) is 5.77. The Labute approximate surface area is 160 Å². The third-order valence-electron chi connectivity index (χ3n) is 3.11. The van der Waals surface area contributed by atoms with Crippen LogP contribution in [0.5, 0.6) is 0 Å². The van der Waals surface area contributed by atoms with Crippen molar-refractivity contribution in [2.24, 2.45) is 0 Å². The van der Waals surface area contributed by atoms with Crippen molar-refractivity contribution < 1.29 is 28.6 Å². The molecular formula is C14H30Cl2N3O5P. The summed E-state index contributed by atoms with van der Waals surface area (Å²) in [7, 11) is 2.82. The normalized spacial score (nSPS) is 22.8. The second-order valence-electron chi connectivity index (χ2n) is 6.65. The number of likely N-dealkylation sites (N-methyl/N-ethyl adjacent to an activating group) is 1. The summed E-state index contributed by atoms with van der Waals surface area (Å²) in [4.78, 5) is 10.0. The third kappa shape index (κ3) is 12.2. The van der Waals surface area contributed by atoms with Gasteiger partial charge in [-0.3, -0.25) is 4.57 Å². The van der Waals surface area contributed by atoms with E-state index in [1.54, 1.807) is 4.67 Å². The van der Waals surface area contributed by atoms with Crippen LogP contribution in [0.4, 0.5) is 0 Å². The molecule has 11 heteroatoms. The first-order valence-electron chi connectivity index (χ1n) is 8.09.